The van der Waals surface area contributed by atoms with Crippen molar-refractivity contribution in [3.05, 3.63) is 112 Å². The van der Waals surface area contributed by atoms with Crippen LogP contribution in [0.3, 0.4) is 0 Å². The van der Waals surface area contributed by atoms with E-state index in [1.165, 1.54) is 11.1 Å². The molecule has 0 bridgehead atoms. The molecule has 1 aliphatic heterocycles. The van der Waals surface area contributed by atoms with Gasteiger partial charge in [-0.25, -0.2) is 4.98 Å². The molecule has 1 aromatic heterocycles. The minimum absolute atomic E-state index is 0.104. The van der Waals surface area contributed by atoms with Gasteiger partial charge in [-0.3, -0.25) is 4.90 Å². The highest BCUT2D eigenvalue weighted by molar-refractivity contribution is 6.30. The van der Waals surface area contributed by atoms with Crippen molar-refractivity contribution in [2.45, 2.75) is 32.2 Å². The average Bonchev–Trinajstić information content (AvgIpc) is 3.30. The van der Waals surface area contributed by atoms with Crippen molar-refractivity contribution in [2.24, 2.45) is 5.92 Å². The maximum Gasteiger partial charge on any atom is 0.137 e. The standard InChI is InChI=1S/C31H35ClN4/c1-22(2)31(36-19-17-33-18-20-36,28(24-11-6-4-7-12-24)25-13-8-5-9-14-25)29-23(3)34-30(35-29)26-15-10-16-27(32)21-26/h4-16,21-22,28,33H,17-20H2,1-3H3,(H,34,35). The van der Waals surface area contributed by atoms with Gasteiger partial charge in [0.1, 0.15) is 5.82 Å². The molecule has 0 amide bonds. The van der Waals surface area contributed by atoms with Crippen molar-refractivity contribution >= 4 is 11.6 Å². The molecule has 4 nitrogen and oxygen atoms in total. The average molecular weight is 499 g/mol. The van der Waals surface area contributed by atoms with E-state index in [0.717, 1.165) is 49.0 Å². The van der Waals surface area contributed by atoms with Gasteiger partial charge in [-0.05, 0) is 36.1 Å². The molecule has 1 fully saturated rings. The monoisotopic (exact) mass is 498 g/mol. The molecule has 186 valence electrons. The zero-order chi connectivity index (χ0) is 25.1. The molecule has 5 heteroatoms. The number of nitrogens with zero attached hydrogens (tertiary/aromatic N) is 2. The zero-order valence-corrected chi connectivity index (χ0v) is 22.1. The fourth-order valence-corrected chi connectivity index (χ4v) is 6.28. The predicted molar refractivity (Wildman–Crippen MR) is 149 cm³/mol. The van der Waals surface area contributed by atoms with Crippen molar-refractivity contribution in [1.29, 1.82) is 0 Å². The van der Waals surface area contributed by atoms with Gasteiger partial charge in [0.05, 0.1) is 11.2 Å². The number of hydrogen-bond donors (Lipinski definition) is 2. The number of aryl methyl sites for hydroxylation is 1. The lowest BCUT2D eigenvalue weighted by Crippen LogP contribution is -2.60. The van der Waals surface area contributed by atoms with Gasteiger partial charge in [-0.2, -0.15) is 0 Å². The molecule has 4 aromatic rings. The number of aromatic amines is 1. The van der Waals surface area contributed by atoms with Crippen LogP contribution < -0.4 is 5.32 Å². The van der Waals surface area contributed by atoms with Gasteiger partial charge in [0.15, 0.2) is 0 Å². The number of aromatic nitrogens is 2. The fourth-order valence-electron chi connectivity index (χ4n) is 6.09. The SMILES string of the molecule is Cc1[nH]c(-c2cccc(Cl)c2)nc1C(C(C)C)(C(c1ccccc1)c1ccccc1)N1CCNCC1. The number of rotatable bonds is 7. The third kappa shape index (κ3) is 4.50. The van der Waals surface area contributed by atoms with Gasteiger partial charge < -0.3 is 10.3 Å². The van der Waals surface area contributed by atoms with E-state index >= 15 is 0 Å². The summed E-state index contributed by atoms with van der Waals surface area (Å²) in [5.74, 6) is 1.26. The number of benzene rings is 3. The van der Waals surface area contributed by atoms with Crippen LogP contribution >= 0.6 is 11.6 Å². The smallest absolute Gasteiger partial charge is 0.137 e. The highest BCUT2D eigenvalue weighted by atomic mass is 35.5. The van der Waals surface area contributed by atoms with Gasteiger partial charge in [-0.1, -0.05) is 98.2 Å². The number of H-pyrrole nitrogens is 1. The van der Waals surface area contributed by atoms with Crippen LogP contribution in [0.4, 0.5) is 0 Å². The number of imidazole rings is 1. The van der Waals surface area contributed by atoms with Gasteiger partial charge >= 0.3 is 0 Å². The van der Waals surface area contributed by atoms with Crippen molar-refractivity contribution in [3.63, 3.8) is 0 Å². The summed E-state index contributed by atoms with van der Waals surface area (Å²) in [5, 5.41) is 4.28. The van der Waals surface area contributed by atoms with E-state index in [4.69, 9.17) is 16.6 Å². The second kappa shape index (κ2) is 10.6. The molecule has 0 radical (unpaired) electrons. The van der Waals surface area contributed by atoms with Crippen LogP contribution in [0.1, 0.15) is 42.3 Å². The molecule has 1 aliphatic rings. The first kappa shape index (κ1) is 24.8. The second-order valence-corrected chi connectivity index (χ2v) is 10.5. The van der Waals surface area contributed by atoms with E-state index in [2.05, 4.69) is 103 Å². The normalized spacial score (nSPS) is 16.4. The molecule has 0 aliphatic carbocycles. The molecule has 36 heavy (non-hydrogen) atoms. The summed E-state index contributed by atoms with van der Waals surface area (Å²) < 4.78 is 0. The first-order valence-corrected chi connectivity index (χ1v) is 13.3. The van der Waals surface area contributed by atoms with E-state index in [-0.39, 0.29) is 17.4 Å². The van der Waals surface area contributed by atoms with Gasteiger partial charge in [0, 0.05) is 48.4 Å². The van der Waals surface area contributed by atoms with Crippen LogP contribution in [0.25, 0.3) is 11.4 Å². The molecule has 1 unspecified atom stereocenters. The summed E-state index contributed by atoms with van der Waals surface area (Å²) in [7, 11) is 0. The molecular formula is C31H35ClN4. The first-order valence-electron chi connectivity index (χ1n) is 12.9. The number of piperazine rings is 1. The zero-order valence-electron chi connectivity index (χ0n) is 21.3. The van der Waals surface area contributed by atoms with Crippen molar-refractivity contribution < 1.29 is 0 Å². The maximum atomic E-state index is 6.36. The molecule has 3 aromatic carbocycles. The molecule has 2 N–H and O–H groups in total. The van der Waals surface area contributed by atoms with E-state index in [1.54, 1.807) is 0 Å². The molecular weight excluding hydrogens is 464 g/mol. The van der Waals surface area contributed by atoms with Gasteiger partial charge in [0.25, 0.3) is 0 Å². The van der Waals surface area contributed by atoms with Gasteiger partial charge in [0.2, 0.25) is 0 Å². The maximum absolute atomic E-state index is 6.36. The lowest BCUT2D eigenvalue weighted by molar-refractivity contribution is 0.0108. The van der Waals surface area contributed by atoms with Crippen molar-refractivity contribution in [2.75, 3.05) is 26.2 Å². The van der Waals surface area contributed by atoms with Crippen molar-refractivity contribution in [3.8, 4) is 11.4 Å². The Bertz CT molecular complexity index is 1240. The third-order valence-electron chi connectivity index (χ3n) is 7.59. The molecule has 1 atom stereocenters. The lowest BCUT2D eigenvalue weighted by Gasteiger charge is -2.53. The summed E-state index contributed by atoms with van der Waals surface area (Å²) >= 11 is 6.36. The molecule has 2 heterocycles. The van der Waals surface area contributed by atoms with Crippen LogP contribution in [0.15, 0.2) is 84.9 Å². The van der Waals surface area contributed by atoms with Crippen LogP contribution in [-0.2, 0) is 5.54 Å². The number of hydrogen-bond acceptors (Lipinski definition) is 3. The Hall–Kier alpha value is -2.92. The first-order chi connectivity index (χ1) is 17.5. The minimum Gasteiger partial charge on any atom is -0.342 e. The Morgan fingerprint density at radius 2 is 1.47 bits per heavy atom. The Balaban J connectivity index is 1.79. The molecule has 0 saturated carbocycles. The lowest BCUT2D eigenvalue weighted by atomic mass is 9.65. The van der Waals surface area contributed by atoms with Crippen LogP contribution in [0, 0.1) is 12.8 Å². The second-order valence-electron chi connectivity index (χ2n) is 10.0. The van der Waals surface area contributed by atoms with Crippen LogP contribution in [0.2, 0.25) is 5.02 Å². The van der Waals surface area contributed by atoms with E-state index in [0.29, 0.717) is 5.02 Å². The largest absolute Gasteiger partial charge is 0.342 e. The minimum atomic E-state index is -0.359. The number of nitrogens with one attached hydrogen (secondary N) is 2. The molecule has 0 spiro atoms. The molecule has 1 saturated heterocycles. The van der Waals surface area contributed by atoms with E-state index in [9.17, 15) is 0 Å². The van der Waals surface area contributed by atoms with Gasteiger partial charge in [-0.15, -0.1) is 0 Å². The van der Waals surface area contributed by atoms with E-state index in [1.807, 2.05) is 18.2 Å². The fraction of sp³-hybridized carbons (Fsp3) is 0.323. The Morgan fingerprint density at radius 1 is 0.861 bits per heavy atom. The Labute approximate surface area is 219 Å². The summed E-state index contributed by atoms with van der Waals surface area (Å²) in [6.07, 6.45) is 0. The van der Waals surface area contributed by atoms with Crippen LogP contribution in [0.5, 0.6) is 0 Å². The predicted octanol–water partition coefficient (Wildman–Crippen LogP) is 6.63. The highest BCUT2D eigenvalue weighted by Crippen LogP contribution is 2.51. The number of halogens is 1. The Kier molecular flexibility index (Phi) is 7.29. The summed E-state index contributed by atoms with van der Waals surface area (Å²) in [5.41, 5.74) is 5.49. The summed E-state index contributed by atoms with van der Waals surface area (Å²) in [6, 6.07) is 29.9. The quantitative estimate of drug-likeness (QED) is 0.300. The molecule has 5 rings (SSSR count). The van der Waals surface area contributed by atoms with Crippen LogP contribution in [-0.4, -0.2) is 41.0 Å². The summed E-state index contributed by atoms with van der Waals surface area (Å²) in [6.45, 7) is 10.7. The topological polar surface area (TPSA) is 44.0 Å². The van der Waals surface area contributed by atoms with E-state index < -0.39 is 0 Å². The summed E-state index contributed by atoms with van der Waals surface area (Å²) in [4.78, 5) is 11.7. The Morgan fingerprint density at radius 3 is 2.03 bits per heavy atom. The van der Waals surface area contributed by atoms with Crippen molar-refractivity contribution in [1.82, 2.24) is 20.2 Å². The third-order valence-corrected chi connectivity index (χ3v) is 7.82. The highest BCUT2D eigenvalue weighted by Gasteiger charge is 2.51.